The van der Waals surface area contributed by atoms with Gasteiger partial charge < -0.3 is 9.47 Å². The van der Waals surface area contributed by atoms with E-state index in [0.717, 1.165) is 19.1 Å². The van der Waals surface area contributed by atoms with Crippen LogP contribution in [0.2, 0.25) is 0 Å². The summed E-state index contributed by atoms with van der Waals surface area (Å²) in [6.07, 6.45) is 7.33. The molecule has 2 fully saturated rings. The van der Waals surface area contributed by atoms with Gasteiger partial charge in [-0.1, -0.05) is 42.1 Å². The van der Waals surface area contributed by atoms with Crippen LogP contribution < -0.4 is 0 Å². The van der Waals surface area contributed by atoms with Crippen molar-refractivity contribution in [1.82, 2.24) is 0 Å². The van der Waals surface area contributed by atoms with Crippen LogP contribution in [-0.2, 0) is 9.47 Å². The molecule has 88 valence electrons. The van der Waals surface area contributed by atoms with Crippen LogP contribution in [0.4, 0.5) is 0 Å². The van der Waals surface area contributed by atoms with Crippen LogP contribution in [-0.4, -0.2) is 30.2 Å². The number of hydrogen-bond donors (Lipinski definition) is 0. The molecule has 0 bridgehead atoms. The van der Waals surface area contributed by atoms with Crippen molar-refractivity contribution in [3.8, 4) is 0 Å². The van der Waals surface area contributed by atoms with E-state index < -0.39 is 0 Å². The lowest BCUT2D eigenvalue weighted by Crippen LogP contribution is -2.34. The largest absolute Gasteiger partial charge is 0.377 e. The molecule has 1 saturated heterocycles. The fourth-order valence-electron chi connectivity index (χ4n) is 2.68. The second-order valence-corrected chi connectivity index (χ2v) is 5.90. The molecule has 1 heterocycles. The summed E-state index contributed by atoms with van der Waals surface area (Å²) in [4.78, 5) is 0.400. The van der Waals surface area contributed by atoms with Gasteiger partial charge in [0, 0.05) is 0 Å². The maximum atomic E-state index is 6.20. The Bertz CT molecular complexity index is 198. The first kappa shape index (κ1) is 11.9. The van der Waals surface area contributed by atoms with Gasteiger partial charge in [-0.3, -0.25) is 0 Å². The van der Waals surface area contributed by atoms with Crippen molar-refractivity contribution in [2.75, 3.05) is 13.2 Å². The average molecular weight is 277 g/mol. The van der Waals surface area contributed by atoms with Crippen LogP contribution in [0, 0.1) is 5.92 Å². The standard InChI is InChI=1S/C12H21BrO2/c1-2-9-5-3-4-6-11(9)15-12-8-14-7-10(12)13/h9-12H,2-8H2,1H3. The molecule has 0 aromatic carbocycles. The van der Waals surface area contributed by atoms with Gasteiger partial charge in [0.05, 0.1) is 30.2 Å². The summed E-state index contributed by atoms with van der Waals surface area (Å²) in [5.41, 5.74) is 0. The Labute approximate surface area is 101 Å². The molecule has 4 atom stereocenters. The molecule has 15 heavy (non-hydrogen) atoms. The van der Waals surface area contributed by atoms with Crippen LogP contribution in [0.15, 0.2) is 0 Å². The van der Waals surface area contributed by atoms with E-state index in [-0.39, 0.29) is 6.10 Å². The van der Waals surface area contributed by atoms with Gasteiger partial charge in [0.2, 0.25) is 0 Å². The van der Waals surface area contributed by atoms with Crippen molar-refractivity contribution in [2.45, 2.75) is 56.1 Å². The van der Waals surface area contributed by atoms with Crippen molar-refractivity contribution in [2.24, 2.45) is 5.92 Å². The van der Waals surface area contributed by atoms with Gasteiger partial charge in [-0.05, 0) is 18.8 Å². The minimum atomic E-state index is 0.280. The first-order valence-corrected chi connectivity index (χ1v) is 7.10. The maximum Gasteiger partial charge on any atom is 0.0959 e. The van der Waals surface area contributed by atoms with Gasteiger partial charge in [-0.25, -0.2) is 0 Å². The van der Waals surface area contributed by atoms with E-state index in [1.807, 2.05) is 0 Å². The lowest BCUT2D eigenvalue weighted by Gasteiger charge is -2.33. The average Bonchev–Trinajstić information content (AvgIpc) is 2.65. The molecule has 0 spiro atoms. The Morgan fingerprint density at radius 3 is 2.67 bits per heavy atom. The third-order valence-electron chi connectivity index (χ3n) is 3.68. The van der Waals surface area contributed by atoms with Gasteiger partial charge in [0.1, 0.15) is 0 Å². The zero-order chi connectivity index (χ0) is 10.7. The Morgan fingerprint density at radius 2 is 2.00 bits per heavy atom. The molecule has 2 nitrogen and oxygen atoms in total. The van der Waals surface area contributed by atoms with E-state index in [0.29, 0.717) is 10.9 Å². The summed E-state index contributed by atoms with van der Waals surface area (Å²) in [6.45, 7) is 3.85. The molecule has 1 saturated carbocycles. The quantitative estimate of drug-likeness (QED) is 0.738. The molecule has 0 N–H and O–H groups in total. The normalized spacial score (nSPS) is 42.0. The van der Waals surface area contributed by atoms with E-state index in [2.05, 4.69) is 22.9 Å². The number of rotatable bonds is 3. The summed E-state index contributed by atoms with van der Waals surface area (Å²) >= 11 is 3.62. The summed E-state index contributed by atoms with van der Waals surface area (Å²) in [5, 5.41) is 0. The number of ether oxygens (including phenoxy) is 2. The summed E-state index contributed by atoms with van der Waals surface area (Å²) < 4.78 is 11.6. The van der Waals surface area contributed by atoms with Gasteiger partial charge in [-0.15, -0.1) is 0 Å². The smallest absolute Gasteiger partial charge is 0.0959 e. The molecule has 0 amide bonds. The molecule has 0 aromatic rings. The van der Waals surface area contributed by atoms with Crippen LogP contribution >= 0.6 is 15.9 Å². The van der Waals surface area contributed by atoms with E-state index in [9.17, 15) is 0 Å². The lowest BCUT2D eigenvalue weighted by atomic mass is 9.84. The second-order valence-electron chi connectivity index (χ2n) is 4.72. The highest BCUT2D eigenvalue weighted by Crippen LogP contribution is 2.31. The Morgan fingerprint density at radius 1 is 1.20 bits per heavy atom. The highest BCUT2D eigenvalue weighted by Gasteiger charge is 2.32. The van der Waals surface area contributed by atoms with Crippen molar-refractivity contribution in [3.63, 3.8) is 0 Å². The topological polar surface area (TPSA) is 18.5 Å². The molecule has 2 rings (SSSR count). The fourth-order valence-corrected chi connectivity index (χ4v) is 3.14. The number of hydrogen-bond acceptors (Lipinski definition) is 2. The summed E-state index contributed by atoms with van der Waals surface area (Å²) in [7, 11) is 0. The maximum absolute atomic E-state index is 6.20. The monoisotopic (exact) mass is 276 g/mol. The van der Waals surface area contributed by atoms with Gasteiger partial charge >= 0.3 is 0 Å². The van der Waals surface area contributed by atoms with E-state index >= 15 is 0 Å². The van der Waals surface area contributed by atoms with E-state index in [4.69, 9.17) is 9.47 Å². The SMILES string of the molecule is CCC1CCCCC1OC1COCC1Br. The van der Waals surface area contributed by atoms with Crippen LogP contribution in [0.3, 0.4) is 0 Å². The van der Waals surface area contributed by atoms with Crippen molar-refractivity contribution in [3.05, 3.63) is 0 Å². The molecule has 4 unspecified atom stereocenters. The van der Waals surface area contributed by atoms with Gasteiger partial charge in [-0.2, -0.15) is 0 Å². The molecule has 0 aromatic heterocycles. The minimum Gasteiger partial charge on any atom is -0.377 e. The molecule has 3 heteroatoms. The Kier molecular flexibility index (Phi) is 4.47. The summed E-state index contributed by atoms with van der Waals surface area (Å²) in [5.74, 6) is 0.777. The highest BCUT2D eigenvalue weighted by atomic mass is 79.9. The van der Waals surface area contributed by atoms with Crippen LogP contribution in [0.1, 0.15) is 39.0 Å². The van der Waals surface area contributed by atoms with E-state index in [1.54, 1.807) is 0 Å². The van der Waals surface area contributed by atoms with Gasteiger partial charge in [0.15, 0.2) is 0 Å². The zero-order valence-electron chi connectivity index (χ0n) is 9.45. The first-order chi connectivity index (χ1) is 7.31. The lowest BCUT2D eigenvalue weighted by molar-refractivity contribution is -0.0596. The van der Waals surface area contributed by atoms with Gasteiger partial charge in [0.25, 0.3) is 0 Å². The number of halogens is 1. The van der Waals surface area contributed by atoms with Crippen LogP contribution in [0.5, 0.6) is 0 Å². The highest BCUT2D eigenvalue weighted by molar-refractivity contribution is 9.09. The second kappa shape index (κ2) is 5.65. The fraction of sp³-hybridized carbons (Fsp3) is 1.00. The molecule has 1 aliphatic carbocycles. The third-order valence-corrected chi connectivity index (χ3v) is 4.53. The predicted molar refractivity (Wildman–Crippen MR) is 64.4 cm³/mol. The molecule has 1 aliphatic heterocycles. The Balaban J connectivity index is 1.85. The number of alkyl halides is 1. The summed E-state index contributed by atoms with van der Waals surface area (Å²) in [6, 6.07) is 0. The van der Waals surface area contributed by atoms with Crippen LogP contribution in [0.25, 0.3) is 0 Å². The predicted octanol–water partition coefficient (Wildman–Crippen LogP) is 3.13. The minimum absolute atomic E-state index is 0.280. The molecule has 0 radical (unpaired) electrons. The third kappa shape index (κ3) is 2.95. The van der Waals surface area contributed by atoms with Crippen molar-refractivity contribution >= 4 is 15.9 Å². The van der Waals surface area contributed by atoms with Crippen molar-refractivity contribution < 1.29 is 9.47 Å². The van der Waals surface area contributed by atoms with E-state index in [1.165, 1.54) is 32.1 Å². The van der Waals surface area contributed by atoms with Crippen molar-refractivity contribution in [1.29, 1.82) is 0 Å². The molecular weight excluding hydrogens is 256 g/mol. The Hall–Kier alpha value is 0.400. The molecule has 2 aliphatic rings. The molecular formula is C12H21BrO2. The first-order valence-electron chi connectivity index (χ1n) is 6.18. The zero-order valence-corrected chi connectivity index (χ0v) is 11.0.